The second-order valence-corrected chi connectivity index (χ2v) is 9.44. The van der Waals surface area contributed by atoms with E-state index < -0.39 is 0 Å². The lowest BCUT2D eigenvalue weighted by Crippen LogP contribution is -2.43. The summed E-state index contributed by atoms with van der Waals surface area (Å²) in [7, 11) is 1.72. The van der Waals surface area contributed by atoms with E-state index in [0.29, 0.717) is 12.0 Å². The quantitative estimate of drug-likeness (QED) is 0.288. The summed E-state index contributed by atoms with van der Waals surface area (Å²) in [5.74, 6) is 2.64. The molecule has 3 rings (SSSR count). The molecule has 170 valence electrons. The standard InChI is InChI=1S/C23H38N4OS.HI/c1-4-24-23(26-20-7-10-22(15-20)29-3)25-16-18-11-13-27(14-12-18)17-19-5-8-21(28-2)9-6-19;/h5-6,8-9,18,20,22H,4,7,10-17H2,1-3H3,(H2,24,25,26);1H. The van der Waals surface area contributed by atoms with Crippen LogP contribution in [-0.4, -0.2) is 61.7 Å². The van der Waals surface area contributed by atoms with Crippen LogP contribution in [0.15, 0.2) is 29.3 Å². The van der Waals surface area contributed by atoms with Crippen molar-refractivity contribution in [3.8, 4) is 5.75 Å². The van der Waals surface area contributed by atoms with Crippen molar-refractivity contribution in [1.29, 1.82) is 0 Å². The number of nitrogens with one attached hydrogen (secondary N) is 2. The first kappa shape index (κ1) is 25.6. The third kappa shape index (κ3) is 8.11. The Kier molecular flexibility index (Phi) is 11.7. The van der Waals surface area contributed by atoms with E-state index in [4.69, 9.17) is 9.73 Å². The summed E-state index contributed by atoms with van der Waals surface area (Å²) in [4.78, 5) is 7.50. The fourth-order valence-corrected chi connectivity index (χ4v) is 5.13. The van der Waals surface area contributed by atoms with Crippen LogP contribution in [0.5, 0.6) is 5.75 Å². The molecule has 0 radical (unpaired) electrons. The number of piperidine rings is 1. The normalized spacial score (nSPS) is 23.1. The Morgan fingerprint density at radius 2 is 1.90 bits per heavy atom. The van der Waals surface area contributed by atoms with Crippen LogP contribution in [0.4, 0.5) is 0 Å². The Balaban J connectivity index is 0.00000320. The van der Waals surface area contributed by atoms with Crippen LogP contribution in [-0.2, 0) is 6.54 Å². The molecule has 1 aromatic carbocycles. The molecule has 2 atom stereocenters. The summed E-state index contributed by atoms with van der Waals surface area (Å²) >= 11 is 2.00. The maximum absolute atomic E-state index is 5.25. The van der Waals surface area contributed by atoms with Gasteiger partial charge in [0, 0.05) is 30.9 Å². The van der Waals surface area contributed by atoms with Crippen molar-refractivity contribution < 1.29 is 4.74 Å². The third-order valence-corrected chi connectivity index (χ3v) is 7.28. The molecule has 1 saturated heterocycles. The predicted molar refractivity (Wildman–Crippen MR) is 140 cm³/mol. The lowest BCUT2D eigenvalue weighted by Gasteiger charge is -2.31. The van der Waals surface area contributed by atoms with Gasteiger partial charge in [-0.1, -0.05) is 12.1 Å². The van der Waals surface area contributed by atoms with Gasteiger partial charge in [0.15, 0.2) is 5.96 Å². The third-order valence-electron chi connectivity index (χ3n) is 6.18. The van der Waals surface area contributed by atoms with Crippen molar-refractivity contribution in [3.63, 3.8) is 0 Å². The van der Waals surface area contributed by atoms with Gasteiger partial charge in [-0.25, -0.2) is 0 Å². The number of thioether (sulfide) groups is 1. The van der Waals surface area contributed by atoms with Gasteiger partial charge in [-0.15, -0.1) is 24.0 Å². The van der Waals surface area contributed by atoms with Gasteiger partial charge in [0.1, 0.15) is 5.75 Å². The number of nitrogens with zero attached hydrogens (tertiary/aromatic N) is 2. The highest BCUT2D eigenvalue weighted by atomic mass is 127. The zero-order valence-corrected chi connectivity index (χ0v) is 21.9. The van der Waals surface area contributed by atoms with E-state index in [-0.39, 0.29) is 24.0 Å². The second kappa shape index (κ2) is 13.7. The maximum Gasteiger partial charge on any atom is 0.191 e. The van der Waals surface area contributed by atoms with Gasteiger partial charge in [-0.2, -0.15) is 11.8 Å². The topological polar surface area (TPSA) is 48.9 Å². The molecule has 1 saturated carbocycles. The number of rotatable bonds is 8. The molecule has 7 heteroatoms. The highest BCUT2D eigenvalue weighted by molar-refractivity contribution is 14.0. The Morgan fingerprint density at radius 1 is 1.17 bits per heavy atom. The molecule has 0 aromatic heterocycles. The second-order valence-electron chi connectivity index (χ2n) is 8.30. The summed E-state index contributed by atoms with van der Waals surface area (Å²) in [5.41, 5.74) is 1.36. The van der Waals surface area contributed by atoms with Crippen LogP contribution >= 0.6 is 35.7 Å². The SMILES string of the molecule is CCNC(=NCC1CCN(Cc2ccc(OC)cc2)CC1)NC1CCC(SC)C1.I. The Bertz CT molecular complexity index is 635. The molecule has 2 aliphatic rings. The molecule has 0 bridgehead atoms. The van der Waals surface area contributed by atoms with Crippen LogP contribution in [0.25, 0.3) is 0 Å². The maximum atomic E-state index is 5.25. The largest absolute Gasteiger partial charge is 0.497 e. The molecule has 30 heavy (non-hydrogen) atoms. The lowest BCUT2D eigenvalue weighted by atomic mass is 9.96. The summed E-state index contributed by atoms with van der Waals surface area (Å²) in [5, 5.41) is 7.93. The van der Waals surface area contributed by atoms with Crippen LogP contribution < -0.4 is 15.4 Å². The highest BCUT2D eigenvalue weighted by Gasteiger charge is 2.25. The Morgan fingerprint density at radius 3 is 2.50 bits per heavy atom. The van der Waals surface area contributed by atoms with Crippen molar-refractivity contribution >= 4 is 41.7 Å². The van der Waals surface area contributed by atoms with Crippen LogP contribution in [0.1, 0.15) is 44.6 Å². The molecule has 2 N–H and O–H groups in total. The minimum atomic E-state index is 0. The molecular weight excluding hydrogens is 507 g/mol. The Labute approximate surface area is 204 Å². The number of halogens is 1. The number of hydrogen-bond acceptors (Lipinski definition) is 4. The van der Waals surface area contributed by atoms with Crippen molar-refractivity contribution in [3.05, 3.63) is 29.8 Å². The zero-order chi connectivity index (χ0) is 20.5. The minimum absolute atomic E-state index is 0. The summed E-state index contributed by atoms with van der Waals surface area (Å²) in [6.45, 7) is 7.36. The number of guanidine groups is 1. The highest BCUT2D eigenvalue weighted by Crippen LogP contribution is 2.28. The van der Waals surface area contributed by atoms with Gasteiger partial charge in [-0.05, 0) is 82.0 Å². The first-order valence-corrected chi connectivity index (χ1v) is 12.4. The summed E-state index contributed by atoms with van der Waals surface area (Å²) in [6.07, 6.45) is 8.54. The van der Waals surface area contributed by atoms with Gasteiger partial charge in [0.05, 0.1) is 7.11 Å². The fourth-order valence-electron chi connectivity index (χ4n) is 4.34. The summed E-state index contributed by atoms with van der Waals surface area (Å²) < 4.78 is 5.25. The molecule has 5 nitrogen and oxygen atoms in total. The number of methoxy groups -OCH3 is 1. The van der Waals surface area contributed by atoms with E-state index >= 15 is 0 Å². The molecular formula is C23H39IN4OS. The molecule has 2 fully saturated rings. The average Bonchev–Trinajstić information content (AvgIpc) is 3.21. The molecule has 1 aromatic rings. The van der Waals surface area contributed by atoms with E-state index in [1.54, 1.807) is 7.11 Å². The van der Waals surface area contributed by atoms with Gasteiger partial charge in [-0.3, -0.25) is 9.89 Å². The molecule has 1 aliphatic carbocycles. The van der Waals surface area contributed by atoms with E-state index in [2.05, 4.69) is 53.0 Å². The van der Waals surface area contributed by atoms with Gasteiger partial charge in [0.2, 0.25) is 0 Å². The monoisotopic (exact) mass is 546 g/mol. The van der Waals surface area contributed by atoms with Crippen molar-refractivity contribution in [1.82, 2.24) is 15.5 Å². The van der Waals surface area contributed by atoms with Gasteiger partial charge in [0.25, 0.3) is 0 Å². The van der Waals surface area contributed by atoms with E-state index in [0.717, 1.165) is 49.7 Å². The van der Waals surface area contributed by atoms with Crippen LogP contribution in [0.2, 0.25) is 0 Å². The van der Waals surface area contributed by atoms with Crippen molar-refractivity contribution in [2.75, 3.05) is 39.5 Å². The van der Waals surface area contributed by atoms with E-state index in [1.807, 2.05) is 11.8 Å². The average molecular weight is 547 g/mol. The lowest BCUT2D eigenvalue weighted by molar-refractivity contribution is 0.180. The molecule has 2 unspecified atom stereocenters. The number of hydrogen-bond donors (Lipinski definition) is 2. The molecule has 0 spiro atoms. The van der Waals surface area contributed by atoms with E-state index in [1.165, 1.54) is 37.7 Å². The smallest absolute Gasteiger partial charge is 0.191 e. The first-order chi connectivity index (χ1) is 14.2. The van der Waals surface area contributed by atoms with E-state index in [9.17, 15) is 0 Å². The van der Waals surface area contributed by atoms with Crippen LogP contribution in [0.3, 0.4) is 0 Å². The number of aliphatic imine (C=N–C) groups is 1. The van der Waals surface area contributed by atoms with Gasteiger partial charge >= 0.3 is 0 Å². The predicted octanol–water partition coefficient (Wildman–Crippen LogP) is 4.36. The zero-order valence-electron chi connectivity index (χ0n) is 18.7. The minimum Gasteiger partial charge on any atom is -0.497 e. The number of likely N-dealkylation sites (tertiary alicyclic amines) is 1. The van der Waals surface area contributed by atoms with Crippen molar-refractivity contribution in [2.45, 2.75) is 56.9 Å². The molecule has 1 heterocycles. The van der Waals surface area contributed by atoms with Crippen molar-refractivity contribution in [2.24, 2.45) is 10.9 Å². The number of benzene rings is 1. The molecule has 0 amide bonds. The van der Waals surface area contributed by atoms with Gasteiger partial charge < -0.3 is 15.4 Å². The first-order valence-electron chi connectivity index (χ1n) is 11.1. The number of ether oxygens (including phenoxy) is 1. The summed E-state index contributed by atoms with van der Waals surface area (Å²) in [6, 6.07) is 9.04. The fraction of sp³-hybridized carbons (Fsp3) is 0.696. The van der Waals surface area contributed by atoms with Crippen LogP contribution in [0, 0.1) is 5.92 Å². The Hall–Kier alpha value is -0.670. The molecule has 1 aliphatic heterocycles.